The molecule has 0 spiro atoms. The van der Waals surface area contributed by atoms with Crippen molar-refractivity contribution < 1.29 is 9.13 Å². The average Bonchev–Trinajstić information content (AvgIpc) is 2.98. The van der Waals surface area contributed by atoms with E-state index >= 15 is 0 Å². The maximum absolute atomic E-state index is 13.8. The van der Waals surface area contributed by atoms with Crippen LogP contribution in [0.4, 0.5) is 4.39 Å². The molecule has 0 aromatic heterocycles. The van der Waals surface area contributed by atoms with Crippen molar-refractivity contribution in [3.05, 3.63) is 35.6 Å². The van der Waals surface area contributed by atoms with Gasteiger partial charge in [-0.2, -0.15) is 0 Å². The standard InChI is InChI=1S/C17H27FN2O/c1-14(12-15-6-3-4-8-17(15)18)20(10-11-21-2)13-16-7-5-9-19-16/h3-4,6,8,14,16,19H,5,7,9-13H2,1-2H3. The Morgan fingerprint density at radius 3 is 2.90 bits per heavy atom. The fourth-order valence-electron chi connectivity index (χ4n) is 3.01. The highest BCUT2D eigenvalue weighted by atomic mass is 19.1. The third-order valence-corrected chi connectivity index (χ3v) is 4.30. The van der Waals surface area contributed by atoms with Crippen LogP contribution in [0.5, 0.6) is 0 Å². The first-order chi connectivity index (χ1) is 10.2. The minimum atomic E-state index is -0.102. The molecule has 1 aliphatic rings. The van der Waals surface area contributed by atoms with E-state index in [1.807, 2.05) is 12.1 Å². The van der Waals surface area contributed by atoms with Gasteiger partial charge < -0.3 is 10.1 Å². The third-order valence-electron chi connectivity index (χ3n) is 4.30. The van der Waals surface area contributed by atoms with Crippen molar-refractivity contribution in [1.29, 1.82) is 0 Å². The number of methoxy groups -OCH3 is 1. The summed E-state index contributed by atoms with van der Waals surface area (Å²) in [7, 11) is 1.73. The molecule has 0 radical (unpaired) electrons. The van der Waals surface area contributed by atoms with Crippen LogP contribution >= 0.6 is 0 Å². The molecule has 0 saturated carbocycles. The SMILES string of the molecule is COCCN(CC1CCCN1)C(C)Cc1ccccc1F. The number of nitrogens with one attached hydrogen (secondary N) is 1. The van der Waals surface area contributed by atoms with Crippen molar-refractivity contribution >= 4 is 0 Å². The number of halogens is 1. The molecule has 4 heteroatoms. The van der Waals surface area contributed by atoms with Crippen LogP contribution in [-0.2, 0) is 11.2 Å². The maximum Gasteiger partial charge on any atom is 0.126 e. The van der Waals surface area contributed by atoms with Gasteiger partial charge in [-0.05, 0) is 44.4 Å². The number of benzene rings is 1. The minimum absolute atomic E-state index is 0.102. The van der Waals surface area contributed by atoms with Crippen LogP contribution in [-0.4, -0.2) is 50.3 Å². The van der Waals surface area contributed by atoms with Crippen LogP contribution in [0.25, 0.3) is 0 Å². The van der Waals surface area contributed by atoms with Gasteiger partial charge >= 0.3 is 0 Å². The molecule has 1 heterocycles. The minimum Gasteiger partial charge on any atom is -0.383 e. The van der Waals surface area contributed by atoms with E-state index in [0.29, 0.717) is 18.7 Å². The second-order valence-corrected chi connectivity index (χ2v) is 5.93. The lowest BCUT2D eigenvalue weighted by atomic mass is 10.0. The number of rotatable bonds is 8. The second-order valence-electron chi connectivity index (χ2n) is 5.93. The number of hydrogen-bond acceptors (Lipinski definition) is 3. The van der Waals surface area contributed by atoms with E-state index < -0.39 is 0 Å². The summed E-state index contributed by atoms with van der Waals surface area (Å²) in [5, 5.41) is 3.54. The molecular formula is C17H27FN2O. The summed E-state index contributed by atoms with van der Waals surface area (Å²) < 4.78 is 19.0. The number of nitrogens with zero attached hydrogens (tertiary/aromatic N) is 1. The summed E-state index contributed by atoms with van der Waals surface area (Å²) in [5.41, 5.74) is 0.798. The lowest BCUT2D eigenvalue weighted by molar-refractivity contribution is 0.117. The van der Waals surface area contributed by atoms with Crippen molar-refractivity contribution in [2.45, 2.75) is 38.3 Å². The van der Waals surface area contributed by atoms with E-state index in [0.717, 1.165) is 31.6 Å². The quantitative estimate of drug-likeness (QED) is 0.797. The lowest BCUT2D eigenvalue weighted by Crippen LogP contribution is -2.44. The van der Waals surface area contributed by atoms with E-state index in [9.17, 15) is 4.39 Å². The van der Waals surface area contributed by atoms with Crippen molar-refractivity contribution in [2.24, 2.45) is 0 Å². The van der Waals surface area contributed by atoms with Gasteiger partial charge in [0.25, 0.3) is 0 Å². The molecule has 0 bridgehead atoms. The predicted molar refractivity (Wildman–Crippen MR) is 84.0 cm³/mol. The highest BCUT2D eigenvalue weighted by Crippen LogP contribution is 2.15. The average molecular weight is 294 g/mol. The van der Waals surface area contributed by atoms with E-state index in [4.69, 9.17) is 4.74 Å². The Morgan fingerprint density at radius 1 is 1.43 bits per heavy atom. The van der Waals surface area contributed by atoms with Gasteiger partial charge in [0, 0.05) is 32.3 Å². The Bertz CT molecular complexity index is 421. The van der Waals surface area contributed by atoms with Gasteiger partial charge in [0.2, 0.25) is 0 Å². The van der Waals surface area contributed by atoms with E-state index in [2.05, 4.69) is 17.1 Å². The van der Waals surface area contributed by atoms with Gasteiger partial charge in [-0.25, -0.2) is 4.39 Å². The summed E-state index contributed by atoms with van der Waals surface area (Å²) in [5.74, 6) is -0.102. The molecule has 0 amide bonds. The number of hydrogen-bond donors (Lipinski definition) is 1. The van der Waals surface area contributed by atoms with Crippen molar-refractivity contribution in [1.82, 2.24) is 10.2 Å². The molecule has 1 aromatic carbocycles. The van der Waals surface area contributed by atoms with Gasteiger partial charge in [-0.15, -0.1) is 0 Å². The zero-order valence-corrected chi connectivity index (χ0v) is 13.1. The smallest absolute Gasteiger partial charge is 0.126 e. The molecule has 1 N–H and O–H groups in total. The fourth-order valence-corrected chi connectivity index (χ4v) is 3.01. The van der Waals surface area contributed by atoms with Gasteiger partial charge in [-0.3, -0.25) is 4.90 Å². The van der Waals surface area contributed by atoms with E-state index in [-0.39, 0.29) is 5.82 Å². The van der Waals surface area contributed by atoms with Crippen LogP contribution in [0.3, 0.4) is 0 Å². The highest BCUT2D eigenvalue weighted by Gasteiger charge is 2.22. The molecule has 2 atom stereocenters. The molecule has 0 aliphatic carbocycles. The molecule has 1 fully saturated rings. The maximum atomic E-state index is 13.8. The first-order valence-corrected chi connectivity index (χ1v) is 7.90. The van der Waals surface area contributed by atoms with E-state index in [1.165, 1.54) is 12.8 Å². The Hall–Kier alpha value is -0.970. The zero-order valence-electron chi connectivity index (χ0n) is 13.1. The van der Waals surface area contributed by atoms with Gasteiger partial charge in [0.15, 0.2) is 0 Å². The Labute approximate surface area is 127 Å². The first kappa shape index (κ1) is 16.4. The molecule has 118 valence electrons. The fraction of sp³-hybridized carbons (Fsp3) is 0.647. The van der Waals surface area contributed by atoms with Gasteiger partial charge in [0.05, 0.1) is 6.61 Å². The molecular weight excluding hydrogens is 267 g/mol. The van der Waals surface area contributed by atoms with Crippen molar-refractivity contribution in [2.75, 3.05) is 33.4 Å². The molecule has 3 nitrogen and oxygen atoms in total. The molecule has 2 rings (SSSR count). The van der Waals surface area contributed by atoms with Crippen LogP contribution in [0.1, 0.15) is 25.3 Å². The summed E-state index contributed by atoms with van der Waals surface area (Å²) in [4.78, 5) is 2.42. The largest absolute Gasteiger partial charge is 0.383 e. The predicted octanol–water partition coefficient (Wildman–Crippen LogP) is 2.46. The highest BCUT2D eigenvalue weighted by molar-refractivity contribution is 5.18. The molecule has 2 unspecified atom stereocenters. The molecule has 1 saturated heterocycles. The van der Waals surface area contributed by atoms with Gasteiger partial charge in [0.1, 0.15) is 5.82 Å². The second kappa shape index (κ2) is 8.47. The lowest BCUT2D eigenvalue weighted by Gasteiger charge is -2.31. The van der Waals surface area contributed by atoms with Crippen molar-refractivity contribution in [3.63, 3.8) is 0 Å². The summed E-state index contributed by atoms with van der Waals surface area (Å²) in [6.07, 6.45) is 3.23. The van der Waals surface area contributed by atoms with Gasteiger partial charge in [-0.1, -0.05) is 18.2 Å². The molecule has 1 aromatic rings. The van der Waals surface area contributed by atoms with Crippen LogP contribution < -0.4 is 5.32 Å². The van der Waals surface area contributed by atoms with E-state index in [1.54, 1.807) is 19.2 Å². The first-order valence-electron chi connectivity index (χ1n) is 7.90. The Balaban J connectivity index is 1.95. The summed E-state index contributed by atoms with van der Waals surface area (Å²) in [6.45, 7) is 5.92. The van der Waals surface area contributed by atoms with Crippen LogP contribution in [0, 0.1) is 5.82 Å². The monoisotopic (exact) mass is 294 g/mol. The topological polar surface area (TPSA) is 24.5 Å². The third kappa shape index (κ3) is 5.06. The Morgan fingerprint density at radius 2 is 2.24 bits per heavy atom. The van der Waals surface area contributed by atoms with Crippen LogP contribution in [0.15, 0.2) is 24.3 Å². The zero-order chi connectivity index (χ0) is 15.1. The molecule has 21 heavy (non-hydrogen) atoms. The van der Waals surface area contributed by atoms with Crippen LogP contribution in [0.2, 0.25) is 0 Å². The Kier molecular flexibility index (Phi) is 6.61. The van der Waals surface area contributed by atoms with Crippen molar-refractivity contribution in [3.8, 4) is 0 Å². The summed E-state index contributed by atoms with van der Waals surface area (Å²) in [6, 6.07) is 7.94. The summed E-state index contributed by atoms with van der Waals surface area (Å²) >= 11 is 0. The number of ether oxygens (including phenoxy) is 1. The molecule has 1 aliphatic heterocycles. The normalized spacial score (nSPS) is 20.1.